The summed E-state index contributed by atoms with van der Waals surface area (Å²) in [6.07, 6.45) is 69.5. The van der Waals surface area contributed by atoms with Crippen molar-refractivity contribution < 1.29 is 49.3 Å². The van der Waals surface area contributed by atoms with Gasteiger partial charge in [0.1, 0.15) is 24.4 Å². The highest BCUT2D eigenvalue weighted by Gasteiger charge is 2.44. The van der Waals surface area contributed by atoms with Crippen LogP contribution in [0.15, 0.2) is 48.6 Å². The average Bonchev–Trinajstić information content (AvgIpc) is 3.51. The van der Waals surface area contributed by atoms with E-state index in [4.69, 9.17) is 14.2 Å². The van der Waals surface area contributed by atoms with Gasteiger partial charge in [0.15, 0.2) is 6.29 Å². The van der Waals surface area contributed by atoms with Crippen molar-refractivity contribution in [2.75, 3.05) is 19.8 Å². The highest BCUT2D eigenvalue weighted by Crippen LogP contribution is 2.23. The van der Waals surface area contributed by atoms with Gasteiger partial charge in [0, 0.05) is 12.8 Å². The molecule has 7 unspecified atom stereocenters. The molecule has 0 aromatic carbocycles. The number of nitrogens with one attached hydrogen (secondary N) is 1. The molecule has 486 valence electrons. The van der Waals surface area contributed by atoms with Crippen LogP contribution >= 0.6 is 0 Å². The summed E-state index contributed by atoms with van der Waals surface area (Å²) in [4.78, 5) is 25.1. The third-order valence-electron chi connectivity index (χ3n) is 16.7. The van der Waals surface area contributed by atoms with Crippen molar-refractivity contribution >= 4 is 11.9 Å². The van der Waals surface area contributed by atoms with Crippen molar-refractivity contribution in [2.24, 2.45) is 0 Å². The molecule has 0 radical (unpaired) electrons. The van der Waals surface area contributed by atoms with Crippen LogP contribution in [0.3, 0.4) is 0 Å². The van der Waals surface area contributed by atoms with Gasteiger partial charge in [0.2, 0.25) is 5.91 Å². The highest BCUT2D eigenvalue weighted by atomic mass is 16.7. The third-order valence-corrected chi connectivity index (χ3v) is 16.7. The van der Waals surface area contributed by atoms with E-state index in [2.05, 4.69) is 55.6 Å². The standard InChI is InChI=1S/C72H133NO10/c1-3-5-7-9-11-13-15-16-32-35-39-42-46-50-54-58-65(75)64(63-82-72-71(80)70(79)69(78)66(62-74)83-72)73-67(76)59-55-51-47-43-40-36-33-30-28-26-24-22-20-18-17-19-21-23-25-27-29-31-34-37-41-45-49-53-57-61-81-68(77)60-56-52-48-44-38-14-12-10-8-6-4-2/h17,19,23,25,39,42,54,58,64-66,69-72,74-75,78-80H,3-16,18,20-22,24,26-38,40-41,43-53,55-57,59-63H2,1-2H3,(H,73,76)/b19-17-,25-23-,42-39+,58-54+. The Bertz CT molecular complexity index is 1520. The minimum absolute atomic E-state index is 0.00279. The predicted octanol–water partition coefficient (Wildman–Crippen LogP) is 18.0. The topological polar surface area (TPSA) is 175 Å². The van der Waals surface area contributed by atoms with Gasteiger partial charge in [-0.15, -0.1) is 0 Å². The summed E-state index contributed by atoms with van der Waals surface area (Å²) >= 11 is 0. The number of aliphatic hydroxyl groups is 5. The number of unbranched alkanes of at least 4 members (excludes halogenated alkanes) is 42. The molecular weight excluding hydrogens is 1040 g/mol. The van der Waals surface area contributed by atoms with Crippen LogP contribution in [0.25, 0.3) is 0 Å². The van der Waals surface area contributed by atoms with Crippen LogP contribution in [0.1, 0.15) is 335 Å². The van der Waals surface area contributed by atoms with Gasteiger partial charge in [0.05, 0.1) is 32.0 Å². The Morgan fingerprint density at radius 1 is 0.446 bits per heavy atom. The van der Waals surface area contributed by atoms with E-state index in [1.54, 1.807) is 6.08 Å². The third kappa shape index (κ3) is 50.3. The quantitative estimate of drug-likeness (QED) is 0.0195. The fourth-order valence-electron chi connectivity index (χ4n) is 11.1. The SMILES string of the molecule is CCCCCCCCCCC/C=C/CC/C=C/C(O)C(COC1OC(CO)C(O)C(O)C1O)NC(=O)CCCCCCCCCCCCCCC/C=C\C/C=C\CCCCCCCCCCCOC(=O)CCCCCCCCCCCCC. The molecule has 0 saturated carbocycles. The number of carbonyl (C=O) groups is 2. The van der Waals surface area contributed by atoms with E-state index < -0.39 is 49.5 Å². The summed E-state index contributed by atoms with van der Waals surface area (Å²) in [6.45, 7) is 4.35. The zero-order valence-electron chi connectivity index (χ0n) is 53.9. The molecular formula is C72H133NO10. The fraction of sp³-hybridized carbons (Fsp3) is 0.861. The number of aliphatic hydroxyl groups excluding tert-OH is 5. The highest BCUT2D eigenvalue weighted by molar-refractivity contribution is 5.76. The molecule has 0 aromatic heterocycles. The van der Waals surface area contributed by atoms with Gasteiger partial charge in [-0.25, -0.2) is 0 Å². The maximum Gasteiger partial charge on any atom is 0.305 e. The average molecular weight is 1170 g/mol. The molecule has 83 heavy (non-hydrogen) atoms. The van der Waals surface area contributed by atoms with E-state index in [0.717, 1.165) is 64.2 Å². The van der Waals surface area contributed by atoms with E-state index in [0.29, 0.717) is 19.4 Å². The Labute approximate surface area is 510 Å². The van der Waals surface area contributed by atoms with E-state index >= 15 is 0 Å². The lowest BCUT2D eigenvalue weighted by molar-refractivity contribution is -0.302. The molecule has 7 atom stereocenters. The smallest absolute Gasteiger partial charge is 0.305 e. The Balaban J connectivity index is 2.03. The van der Waals surface area contributed by atoms with Gasteiger partial charge in [-0.3, -0.25) is 9.59 Å². The van der Waals surface area contributed by atoms with Crippen LogP contribution in [0.5, 0.6) is 0 Å². The van der Waals surface area contributed by atoms with E-state index in [9.17, 15) is 35.1 Å². The number of hydrogen-bond donors (Lipinski definition) is 6. The molecule has 1 aliphatic rings. The molecule has 0 spiro atoms. The molecule has 1 heterocycles. The Kier molecular flexibility index (Phi) is 58.0. The summed E-state index contributed by atoms with van der Waals surface area (Å²) in [7, 11) is 0. The Morgan fingerprint density at radius 2 is 0.819 bits per heavy atom. The number of allylic oxidation sites excluding steroid dienone is 7. The minimum Gasteiger partial charge on any atom is -0.466 e. The van der Waals surface area contributed by atoms with Gasteiger partial charge >= 0.3 is 5.97 Å². The van der Waals surface area contributed by atoms with Gasteiger partial charge < -0.3 is 45.1 Å². The first-order valence-electron chi connectivity index (χ1n) is 35.4. The maximum absolute atomic E-state index is 13.1. The summed E-state index contributed by atoms with van der Waals surface area (Å²) in [5.41, 5.74) is 0. The lowest BCUT2D eigenvalue weighted by Gasteiger charge is -2.40. The van der Waals surface area contributed by atoms with Crippen LogP contribution in [-0.2, 0) is 23.8 Å². The van der Waals surface area contributed by atoms with E-state index in [1.807, 2.05) is 6.08 Å². The second-order valence-electron chi connectivity index (χ2n) is 24.6. The second kappa shape index (κ2) is 61.3. The Morgan fingerprint density at radius 3 is 1.27 bits per heavy atom. The first-order valence-corrected chi connectivity index (χ1v) is 35.4. The number of esters is 1. The van der Waals surface area contributed by atoms with Crippen molar-refractivity contribution in [2.45, 2.75) is 378 Å². The van der Waals surface area contributed by atoms with Crippen LogP contribution < -0.4 is 5.32 Å². The van der Waals surface area contributed by atoms with Crippen molar-refractivity contribution in [3.8, 4) is 0 Å². The van der Waals surface area contributed by atoms with E-state index in [1.165, 1.54) is 244 Å². The number of rotatable bonds is 62. The maximum atomic E-state index is 13.1. The molecule has 1 aliphatic heterocycles. The molecule has 0 aliphatic carbocycles. The molecule has 11 heteroatoms. The monoisotopic (exact) mass is 1170 g/mol. The summed E-state index contributed by atoms with van der Waals surface area (Å²) in [5, 5.41) is 54.5. The Hall–Kier alpha value is -2.38. The zero-order chi connectivity index (χ0) is 60.2. The normalized spacial score (nSPS) is 18.4. The van der Waals surface area contributed by atoms with Crippen LogP contribution in [0.4, 0.5) is 0 Å². The summed E-state index contributed by atoms with van der Waals surface area (Å²) < 4.78 is 16.7. The molecule has 1 fully saturated rings. The molecule has 1 rings (SSSR count). The number of carbonyl (C=O) groups excluding carboxylic acids is 2. The first kappa shape index (κ1) is 78.6. The molecule has 1 saturated heterocycles. The number of hydrogen-bond acceptors (Lipinski definition) is 10. The first-order chi connectivity index (χ1) is 40.7. The lowest BCUT2D eigenvalue weighted by atomic mass is 9.99. The molecule has 0 aromatic rings. The second-order valence-corrected chi connectivity index (χ2v) is 24.6. The number of ether oxygens (including phenoxy) is 3. The van der Waals surface area contributed by atoms with Crippen molar-refractivity contribution in [3.05, 3.63) is 48.6 Å². The fourth-order valence-corrected chi connectivity index (χ4v) is 11.1. The van der Waals surface area contributed by atoms with Gasteiger partial charge in [-0.1, -0.05) is 294 Å². The number of amides is 1. The zero-order valence-corrected chi connectivity index (χ0v) is 53.9. The van der Waals surface area contributed by atoms with Crippen molar-refractivity contribution in [1.82, 2.24) is 5.32 Å². The van der Waals surface area contributed by atoms with Gasteiger partial charge in [-0.2, -0.15) is 0 Å². The van der Waals surface area contributed by atoms with Gasteiger partial charge in [-0.05, 0) is 77.0 Å². The van der Waals surface area contributed by atoms with Crippen molar-refractivity contribution in [1.29, 1.82) is 0 Å². The molecule has 1 amide bonds. The van der Waals surface area contributed by atoms with E-state index in [-0.39, 0.29) is 18.5 Å². The van der Waals surface area contributed by atoms with Crippen molar-refractivity contribution in [3.63, 3.8) is 0 Å². The van der Waals surface area contributed by atoms with Crippen LogP contribution in [-0.4, -0.2) is 100 Å². The molecule has 11 nitrogen and oxygen atoms in total. The molecule has 0 bridgehead atoms. The molecule has 6 N–H and O–H groups in total. The van der Waals surface area contributed by atoms with Gasteiger partial charge in [0.25, 0.3) is 0 Å². The summed E-state index contributed by atoms with van der Waals surface area (Å²) in [6, 6.07) is -0.829. The van der Waals surface area contributed by atoms with Crippen LogP contribution in [0.2, 0.25) is 0 Å². The van der Waals surface area contributed by atoms with Crippen LogP contribution in [0, 0.1) is 0 Å². The largest absolute Gasteiger partial charge is 0.466 e. The summed E-state index contributed by atoms with van der Waals surface area (Å²) in [5.74, 6) is -0.189. The predicted molar refractivity (Wildman–Crippen MR) is 347 cm³/mol. The lowest BCUT2D eigenvalue weighted by Crippen LogP contribution is -2.60. The minimum atomic E-state index is -1.58.